The molecule has 8 heteroatoms. The van der Waals surface area contributed by atoms with E-state index in [0.717, 1.165) is 46.4 Å². The molecule has 29 heavy (non-hydrogen) atoms. The van der Waals surface area contributed by atoms with Gasteiger partial charge in [0.05, 0.1) is 22.3 Å². The largest absolute Gasteiger partial charge is 0.495 e. The molecule has 0 radical (unpaired) electrons. The third-order valence-electron chi connectivity index (χ3n) is 4.71. The van der Waals surface area contributed by atoms with E-state index in [9.17, 15) is 4.79 Å². The van der Waals surface area contributed by atoms with Gasteiger partial charge in [0.2, 0.25) is 5.91 Å². The third kappa shape index (κ3) is 5.75. The number of nitrogens with one attached hydrogen (secondary N) is 1. The van der Waals surface area contributed by atoms with E-state index >= 15 is 0 Å². The highest BCUT2D eigenvalue weighted by molar-refractivity contribution is 9.11. The van der Waals surface area contributed by atoms with Crippen LogP contribution in [0.1, 0.15) is 5.56 Å². The average Bonchev–Trinajstić information content (AvgIpc) is 2.67. The van der Waals surface area contributed by atoms with Crippen molar-refractivity contribution in [2.45, 2.75) is 0 Å². The Kier molecular flexibility index (Phi) is 7.62. The second kappa shape index (κ2) is 9.98. The maximum atomic E-state index is 12.4. The zero-order chi connectivity index (χ0) is 21.0. The summed E-state index contributed by atoms with van der Waals surface area (Å²) >= 11 is 13.4. The lowest BCUT2D eigenvalue weighted by atomic mass is 10.2. The van der Waals surface area contributed by atoms with Gasteiger partial charge in [-0.15, -0.1) is 0 Å². The number of carbonyl (C=O) groups is 1. The Morgan fingerprint density at radius 2 is 1.90 bits per heavy atom. The first-order chi connectivity index (χ1) is 13.9. The van der Waals surface area contributed by atoms with E-state index in [1.54, 1.807) is 19.3 Å². The molecule has 1 fully saturated rings. The maximum absolute atomic E-state index is 12.4. The lowest BCUT2D eigenvalue weighted by Gasteiger charge is -2.34. The number of methoxy groups -OCH3 is 1. The van der Waals surface area contributed by atoms with Crippen LogP contribution in [-0.2, 0) is 4.79 Å². The quantitative estimate of drug-likeness (QED) is 0.522. The molecule has 1 N–H and O–H groups in total. The average molecular weight is 544 g/mol. The number of likely N-dealkylation sites (N-methyl/N-ethyl adjacent to an activating group) is 1. The number of hydrogen-bond acceptors (Lipinski definition) is 4. The summed E-state index contributed by atoms with van der Waals surface area (Å²) < 4.78 is 7.09. The molecule has 1 saturated heterocycles. The van der Waals surface area contributed by atoms with Crippen LogP contribution in [0.15, 0.2) is 45.4 Å². The molecular weight excluding hydrogens is 522 g/mol. The van der Waals surface area contributed by atoms with E-state index in [2.05, 4.69) is 54.0 Å². The predicted octanol–water partition coefficient (Wildman–Crippen LogP) is 5.28. The van der Waals surface area contributed by atoms with E-state index in [-0.39, 0.29) is 5.91 Å². The van der Waals surface area contributed by atoms with Crippen LogP contribution in [0.25, 0.3) is 6.08 Å². The minimum atomic E-state index is -0.244. The van der Waals surface area contributed by atoms with E-state index in [1.165, 1.54) is 6.08 Å². The maximum Gasteiger partial charge on any atom is 0.248 e. The van der Waals surface area contributed by atoms with Crippen molar-refractivity contribution in [1.82, 2.24) is 4.90 Å². The molecule has 1 aliphatic rings. The van der Waals surface area contributed by atoms with Gasteiger partial charge in [0, 0.05) is 48.0 Å². The summed E-state index contributed by atoms with van der Waals surface area (Å²) in [4.78, 5) is 16.9. The van der Waals surface area contributed by atoms with Gasteiger partial charge in [-0.05, 0) is 59.4 Å². The highest BCUT2D eigenvalue weighted by Crippen LogP contribution is 2.33. The van der Waals surface area contributed by atoms with Crippen LogP contribution in [0.2, 0.25) is 5.02 Å². The standard InChI is InChI=1S/C21H22Br2ClN3O2/c1-26-7-9-27(10-8-26)19-5-4-16(13-18(19)24)25-20(28)6-3-14-11-15(22)12-17(23)21(14)29-2/h3-6,11-13H,7-10H2,1-2H3,(H,25,28)/b6-3+. The number of hydrogen-bond donors (Lipinski definition) is 1. The van der Waals surface area contributed by atoms with Crippen LogP contribution in [0.3, 0.4) is 0 Å². The predicted molar refractivity (Wildman–Crippen MR) is 127 cm³/mol. The summed E-state index contributed by atoms with van der Waals surface area (Å²) in [6.45, 7) is 3.90. The highest BCUT2D eigenvalue weighted by Gasteiger charge is 2.17. The lowest BCUT2D eigenvalue weighted by Crippen LogP contribution is -2.44. The molecule has 0 bridgehead atoms. The summed E-state index contributed by atoms with van der Waals surface area (Å²) in [5.41, 5.74) is 2.44. The Labute approximate surface area is 192 Å². The molecule has 0 spiro atoms. The van der Waals surface area contributed by atoms with Crippen molar-refractivity contribution >= 4 is 66.8 Å². The second-order valence-corrected chi connectivity index (χ2v) is 8.97. The van der Waals surface area contributed by atoms with Gasteiger partial charge in [-0.1, -0.05) is 27.5 Å². The van der Waals surface area contributed by atoms with E-state index in [4.69, 9.17) is 16.3 Å². The van der Waals surface area contributed by atoms with Crippen molar-refractivity contribution in [3.05, 3.63) is 55.9 Å². The van der Waals surface area contributed by atoms with Crippen LogP contribution in [0.5, 0.6) is 5.75 Å². The van der Waals surface area contributed by atoms with Gasteiger partial charge in [-0.25, -0.2) is 0 Å². The minimum absolute atomic E-state index is 0.244. The Bertz CT molecular complexity index is 928. The molecule has 0 aromatic heterocycles. The molecule has 2 aromatic rings. The Morgan fingerprint density at radius 1 is 1.17 bits per heavy atom. The van der Waals surface area contributed by atoms with Gasteiger partial charge in [0.15, 0.2) is 0 Å². The number of rotatable bonds is 5. The van der Waals surface area contributed by atoms with Crippen molar-refractivity contribution in [3.63, 3.8) is 0 Å². The molecular formula is C21H22Br2ClN3O2. The zero-order valence-corrected chi connectivity index (χ0v) is 20.1. The zero-order valence-electron chi connectivity index (χ0n) is 16.2. The fourth-order valence-electron chi connectivity index (χ4n) is 3.16. The molecule has 154 valence electrons. The molecule has 3 rings (SSSR count). The number of anilines is 2. The first-order valence-corrected chi connectivity index (χ1v) is 11.1. The summed E-state index contributed by atoms with van der Waals surface area (Å²) in [6, 6.07) is 9.40. The number of amides is 1. The van der Waals surface area contributed by atoms with Crippen LogP contribution in [0.4, 0.5) is 11.4 Å². The Hall–Kier alpha value is -1.54. The Balaban J connectivity index is 1.68. The van der Waals surface area contributed by atoms with Crippen molar-refractivity contribution in [2.24, 2.45) is 0 Å². The summed E-state index contributed by atoms with van der Waals surface area (Å²) in [5, 5.41) is 3.49. The fraction of sp³-hybridized carbons (Fsp3) is 0.286. The van der Waals surface area contributed by atoms with Gasteiger partial charge in [0.25, 0.3) is 0 Å². The number of benzene rings is 2. The molecule has 1 amide bonds. The number of halogens is 3. The molecule has 0 saturated carbocycles. The molecule has 0 atom stereocenters. The number of ether oxygens (including phenoxy) is 1. The molecule has 0 unspecified atom stereocenters. The number of carbonyl (C=O) groups excluding carboxylic acids is 1. The third-order valence-corrected chi connectivity index (χ3v) is 6.06. The lowest BCUT2D eigenvalue weighted by molar-refractivity contribution is -0.111. The Morgan fingerprint density at radius 3 is 2.55 bits per heavy atom. The topological polar surface area (TPSA) is 44.8 Å². The van der Waals surface area contributed by atoms with Gasteiger partial charge < -0.3 is 19.9 Å². The first-order valence-electron chi connectivity index (χ1n) is 9.12. The minimum Gasteiger partial charge on any atom is -0.495 e. The second-order valence-electron chi connectivity index (χ2n) is 6.79. The van der Waals surface area contributed by atoms with Gasteiger partial charge >= 0.3 is 0 Å². The smallest absolute Gasteiger partial charge is 0.248 e. The molecule has 1 aliphatic heterocycles. The van der Waals surface area contributed by atoms with E-state index < -0.39 is 0 Å². The van der Waals surface area contributed by atoms with Gasteiger partial charge in [-0.2, -0.15) is 0 Å². The highest BCUT2D eigenvalue weighted by atomic mass is 79.9. The van der Waals surface area contributed by atoms with Crippen molar-refractivity contribution < 1.29 is 9.53 Å². The van der Waals surface area contributed by atoms with Crippen molar-refractivity contribution in [2.75, 3.05) is 50.6 Å². The molecule has 1 heterocycles. The first kappa shape index (κ1) is 22.2. The number of nitrogens with zero attached hydrogens (tertiary/aromatic N) is 2. The van der Waals surface area contributed by atoms with E-state index in [0.29, 0.717) is 16.5 Å². The van der Waals surface area contributed by atoms with Crippen LogP contribution < -0.4 is 15.0 Å². The monoisotopic (exact) mass is 541 g/mol. The molecule has 0 aliphatic carbocycles. The van der Waals surface area contributed by atoms with Crippen molar-refractivity contribution in [1.29, 1.82) is 0 Å². The van der Waals surface area contributed by atoms with Crippen molar-refractivity contribution in [3.8, 4) is 5.75 Å². The SMILES string of the molecule is COc1c(Br)cc(Br)cc1/C=C/C(=O)Nc1ccc(N2CCN(C)CC2)c(Cl)c1. The molecule has 2 aromatic carbocycles. The van der Waals surface area contributed by atoms with Crippen LogP contribution >= 0.6 is 43.5 Å². The normalized spacial score (nSPS) is 15.0. The fourth-order valence-corrected chi connectivity index (χ4v) is 4.88. The summed E-state index contributed by atoms with van der Waals surface area (Å²) in [6.07, 6.45) is 3.18. The summed E-state index contributed by atoms with van der Waals surface area (Å²) in [7, 11) is 3.71. The van der Waals surface area contributed by atoms with Crippen LogP contribution in [-0.4, -0.2) is 51.1 Å². The number of piperazine rings is 1. The van der Waals surface area contributed by atoms with Gasteiger partial charge in [-0.3, -0.25) is 4.79 Å². The summed E-state index contributed by atoms with van der Waals surface area (Å²) in [5.74, 6) is 0.420. The van der Waals surface area contributed by atoms with Crippen LogP contribution in [0, 0.1) is 0 Å². The molecule has 5 nitrogen and oxygen atoms in total. The van der Waals surface area contributed by atoms with E-state index in [1.807, 2.05) is 24.3 Å². The van der Waals surface area contributed by atoms with Gasteiger partial charge in [0.1, 0.15) is 5.75 Å².